The fraction of sp³-hybridized carbons (Fsp3) is 0.393. The number of aldehydes is 1. The number of nitrogens with two attached hydrogens (primary N) is 1. The maximum Gasteiger partial charge on any atom is 0.252 e. The number of nitrogens with one attached hydrogen (secondary N) is 1. The van der Waals surface area contributed by atoms with Crippen LogP contribution in [0.15, 0.2) is 47.6 Å². The summed E-state index contributed by atoms with van der Waals surface area (Å²) in [7, 11) is 5.41. The molecule has 1 heterocycles. The highest BCUT2D eigenvalue weighted by atomic mass is 16.5. The van der Waals surface area contributed by atoms with Crippen LogP contribution in [-0.4, -0.2) is 70.7 Å². The second-order valence-electron chi connectivity index (χ2n) is 9.04. The second kappa shape index (κ2) is 12.9. The molecule has 0 aromatic heterocycles. The number of aliphatic imine (C=N–C) groups is 1. The maximum atomic E-state index is 13.5. The predicted octanol–water partition coefficient (Wildman–Crippen LogP) is 3.07. The minimum Gasteiger partial charge on any atom is -0.497 e. The molecule has 1 aliphatic rings. The van der Waals surface area contributed by atoms with E-state index in [0.29, 0.717) is 24.2 Å². The quantitative estimate of drug-likeness (QED) is 0.391. The molecule has 2 aromatic rings. The number of carbonyl (C=O) groups excluding carboxylic acids is 2. The minimum atomic E-state index is -0.296. The highest BCUT2D eigenvalue weighted by Crippen LogP contribution is 2.27. The molecule has 0 radical (unpaired) electrons. The molecule has 8 nitrogen and oxygen atoms in total. The second-order valence-corrected chi connectivity index (χ2v) is 9.04. The number of carbonyl (C=O) groups is 2. The maximum absolute atomic E-state index is 13.5. The molecule has 36 heavy (non-hydrogen) atoms. The van der Waals surface area contributed by atoms with E-state index in [1.807, 2.05) is 37.3 Å². The highest BCUT2D eigenvalue weighted by molar-refractivity contribution is 6.09. The minimum absolute atomic E-state index is 0.173. The van der Waals surface area contributed by atoms with Crippen molar-refractivity contribution in [2.45, 2.75) is 25.8 Å². The van der Waals surface area contributed by atoms with E-state index in [0.717, 1.165) is 60.4 Å². The Kier molecular flexibility index (Phi) is 9.64. The summed E-state index contributed by atoms with van der Waals surface area (Å²) in [6.07, 6.45) is 4.96. The van der Waals surface area contributed by atoms with E-state index in [4.69, 9.17) is 10.5 Å². The van der Waals surface area contributed by atoms with Gasteiger partial charge in [-0.15, -0.1) is 0 Å². The summed E-state index contributed by atoms with van der Waals surface area (Å²) >= 11 is 0. The monoisotopic (exact) mass is 491 g/mol. The Morgan fingerprint density at radius 2 is 1.94 bits per heavy atom. The molecule has 1 fully saturated rings. The average molecular weight is 492 g/mol. The first-order chi connectivity index (χ1) is 17.4. The van der Waals surface area contributed by atoms with E-state index >= 15 is 0 Å². The number of nitrogens with zero attached hydrogens (tertiary/aromatic N) is 3. The Hall–Kier alpha value is -3.65. The summed E-state index contributed by atoms with van der Waals surface area (Å²) in [6.45, 7) is 5.71. The number of anilines is 1. The summed E-state index contributed by atoms with van der Waals surface area (Å²) in [5.41, 5.74) is 10.8. The van der Waals surface area contributed by atoms with Crippen molar-refractivity contribution in [3.63, 3.8) is 0 Å². The topological polar surface area (TPSA) is 100 Å². The first-order valence-electron chi connectivity index (χ1n) is 12.2. The molecule has 0 spiro atoms. The number of likely N-dealkylation sites (N-methyl/N-ethyl adjacent to an activating group) is 1. The molecule has 8 heteroatoms. The van der Waals surface area contributed by atoms with Gasteiger partial charge in [-0.25, -0.2) is 0 Å². The van der Waals surface area contributed by atoms with E-state index in [1.165, 1.54) is 6.20 Å². The van der Waals surface area contributed by atoms with Crippen LogP contribution < -0.4 is 20.7 Å². The summed E-state index contributed by atoms with van der Waals surface area (Å²) in [4.78, 5) is 33.2. The molecule has 1 saturated heterocycles. The van der Waals surface area contributed by atoms with Crippen molar-refractivity contribution >= 4 is 29.7 Å². The van der Waals surface area contributed by atoms with E-state index < -0.39 is 0 Å². The van der Waals surface area contributed by atoms with Gasteiger partial charge in [0.25, 0.3) is 5.91 Å². The van der Waals surface area contributed by atoms with Gasteiger partial charge >= 0.3 is 0 Å². The normalized spacial score (nSPS) is 15.7. The SMILES string of the molecule is CN=C/C(=C\N)c1cc(OC)cc(C(C)NC(=O)c2cc(N3CCN(C)CC3)ccc2CCC=O)c1. The Morgan fingerprint density at radius 1 is 1.19 bits per heavy atom. The van der Waals surface area contributed by atoms with Crippen LogP contribution in [0.5, 0.6) is 5.75 Å². The van der Waals surface area contributed by atoms with Crippen LogP contribution >= 0.6 is 0 Å². The van der Waals surface area contributed by atoms with Gasteiger partial charge in [-0.3, -0.25) is 9.79 Å². The number of amides is 1. The lowest BCUT2D eigenvalue weighted by Gasteiger charge is -2.34. The van der Waals surface area contributed by atoms with Crippen LogP contribution in [0, 0.1) is 0 Å². The molecule has 3 rings (SSSR count). The number of hydrogen-bond donors (Lipinski definition) is 2. The fourth-order valence-electron chi connectivity index (χ4n) is 4.34. The van der Waals surface area contributed by atoms with Crippen molar-refractivity contribution in [1.29, 1.82) is 0 Å². The van der Waals surface area contributed by atoms with Crippen molar-refractivity contribution in [1.82, 2.24) is 10.2 Å². The molecule has 0 bridgehead atoms. The molecule has 192 valence electrons. The largest absolute Gasteiger partial charge is 0.497 e. The molecule has 0 aliphatic carbocycles. The van der Waals surface area contributed by atoms with Gasteiger partial charge < -0.3 is 30.4 Å². The van der Waals surface area contributed by atoms with Crippen LogP contribution in [0.25, 0.3) is 5.57 Å². The van der Waals surface area contributed by atoms with Crippen LogP contribution in [0.3, 0.4) is 0 Å². The molecule has 1 amide bonds. The number of rotatable bonds is 10. The van der Waals surface area contributed by atoms with Crippen molar-refractivity contribution in [2.75, 3.05) is 52.3 Å². The van der Waals surface area contributed by atoms with E-state index in [9.17, 15) is 9.59 Å². The standard InChI is InChI=1S/C28H37N5O3/c1-20(22-14-23(16-26(15-22)36-4)24(18-29)19-30-2)31-28(35)27-17-25(8-7-21(27)6-5-13-34)33-11-9-32(3)10-12-33/h7-8,13-20H,5-6,9-12,29H2,1-4H3,(H,31,35)/b24-18+,30-19?. The molecule has 1 unspecified atom stereocenters. The fourth-order valence-corrected chi connectivity index (χ4v) is 4.34. The van der Waals surface area contributed by atoms with Gasteiger partial charge in [0.2, 0.25) is 0 Å². The van der Waals surface area contributed by atoms with Crippen molar-refractivity contribution in [3.05, 3.63) is 64.9 Å². The van der Waals surface area contributed by atoms with Crippen LogP contribution in [0.4, 0.5) is 5.69 Å². The Labute approximate surface area is 213 Å². The van der Waals surface area contributed by atoms with Gasteiger partial charge in [-0.2, -0.15) is 0 Å². The van der Waals surface area contributed by atoms with Crippen LogP contribution in [0.1, 0.15) is 46.4 Å². The smallest absolute Gasteiger partial charge is 0.252 e. The van der Waals surface area contributed by atoms with Crippen molar-refractivity contribution < 1.29 is 14.3 Å². The number of piperazine rings is 1. The summed E-state index contributed by atoms with van der Waals surface area (Å²) < 4.78 is 5.49. The van der Waals surface area contributed by atoms with Gasteiger partial charge in [0.1, 0.15) is 12.0 Å². The third-order valence-corrected chi connectivity index (χ3v) is 6.53. The van der Waals surface area contributed by atoms with Gasteiger partial charge in [-0.05, 0) is 67.4 Å². The Morgan fingerprint density at radius 3 is 2.58 bits per heavy atom. The number of hydrogen-bond acceptors (Lipinski definition) is 7. The molecule has 1 aliphatic heterocycles. The van der Waals surface area contributed by atoms with Gasteiger partial charge in [0, 0.05) is 68.9 Å². The third-order valence-electron chi connectivity index (χ3n) is 6.53. The number of methoxy groups -OCH3 is 1. The number of benzene rings is 2. The number of allylic oxidation sites excluding steroid dienone is 1. The zero-order valence-corrected chi connectivity index (χ0v) is 21.7. The van der Waals surface area contributed by atoms with Gasteiger partial charge in [0.05, 0.1) is 13.2 Å². The van der Waals surface area contributed by atoms with Gasteiger partial charge in [-0.1, -0.05) is 6.07 Å². The average Bonchev–Trinajstić information content (AvgIpc) is 2.90. The number of aryl methyl sites for hydroxylation is 1. The van der Waals surface area contributed by atoms with Crippen LogP contribution in [0.2, 0.25) is 0 Å². The molecule has 0 saturated carbocycles. The van der Waals surface area contributed by atoms with Crippen molar-refractivity contribution in [3.8, 4) is 5.75 Å². The summed E-state index contributed by atoms with van der Waals surface area (Å²) in [6, 6.07) is 11.4. The Bertz CT molecular complexity index is 1120. The lowest BCUT2D eigenvalue weighted by Crippen LogP contribution is -2.44. The first kappa shape index (κ1) is 26.9. The lowest BCUT2D eigenvalue weighted by molar-refractivity contribution is -0.107. The van der Waals surface area contributed by atoms with Crippen molar-refractivity contribution in [2.24, 2.45) is 10.7 Å². The highest BCUT2D eigenvalue weighted by Gasteiger charge is 2.20. The zero-order chi connectivity index (χ0) is 26.1. The summed E-state index contributed by atoms with van der Waals surface area (Å²) in [5, 5.41) is 3.14. The first-order valence-corrected chi connectivity index (χ1v) is 12.2. The van der Waals surface area contributed by atoms with E-state index in [2.05, 4.69) is 33.2 Å². The van der Waals surface area contributed by atoms with Crippen LogP contribution in [-0.2, 0) is 11.2 Å². The zero-order valence-electron chi connectivity index (χ0n) is 21.7. The van der Waals surface area contributed by atoms with E-state index in [1.54, 1.807) is 20.4 Å². The summed E-state index contributed by atoms with van der Waals surface area (Å²) in [5.74, 6) is 0.490. The molecular weight excluding hydrogens is 454 g/mol. The molecule has 1 atom stereocenters. The van der Waals surface area contributed by atoms with Gasteiger partial charge in [0.15, 0.2) is 0 Å². The molecule has 2 aromatic carbocycles. The predicted molar refractivity (Wildman–Crippen MR) is 146 cm³/mol. The molecular formula is C28H37N5O3. The number of ether oxygens (including phenoxy) is 1. The Balaban J connectivity index is 1.89. The third kappa shape index (κ3) is 6.73. The molecule has 3 N–H and O–H groups in total. The lowest BCUT2D eigenvalue weighted by atomic mass is 9.98. The van der Waals surface area contributed by atoms with E-state index in [-0.39, 0.29) is 11.9 Å².